The van der Waals surface area contributed by atoms with Gasteiger partial charge in [0.05, 0.1) is 0 Å². The molecule has 0 amide bonds. The van der Waals surface area contributed by atoms with Gasteiger partial charge in [0.1, 0.15) is 17.5 Å². The van der Waals surface area contributed by atoms with E-state index in [1.807, 2.05) is 13.0 Å². The maximum atomic E-state index is 13.8. The predicted molar refractivity (Wildman–Crippen MR) is 115 cm³/mol. The molecule has 2 N–H and O–H groups in total. The average molecular weight is 445 g/mol. The molecule has 4 rings (SSSR count). The Morgan fingerprint density at radius 2 is 1.55 bits per heavy atom. The van der Waals surface area contributed by atoms with Gasteiger partial charge < -0.3 is 10.2 Å². The number of nitrogens with one attached hydrogen (secondary N) is 2. The second-order valence-electron chi connectivity index (χ2n) is 7.24. The fourth-order valence-corrected chi connectivity index (χ4v) is 4.61. The van der Waals surface area contributed by atoms with Gasteiger partial charge in [0.15, 0.2) is 4.90 Å². The predicted octanol–water partition coefficient (Wildman–Crippen LogP) is 4.21. The van der Waals surface area contributed by atoms with Crippen LogP contribution in [0.2, 0.25) is 0 Å². The molecule has 0 saturated carbocycles. The van der Waals surface area contributed by atoms with Crippen molar-refractivity contribution in [3.63, 3.8) is 0 Å². The normalized spacial score (nSPS) is 14.0. The summed E-state index contributed by atoms with van der Waals surface area (Å²) in [6.07, 6.45) is 2.28. The number of nitrogens with zero attached hydrogens (tertiary/aromatic N) is 3. The van der Waals surface area contributed by atoms with Gasteiger partial charge in [-0.05, 0) is 56.2 Å². The zero-order valence-electron chi connectivity index (χ0n) is 16.8. The number of halogens is 2. The van der Waals surface area contributed by atoms with Crippen LogP contribution < -0.4 is 14.9 Å². The Hall–Kier alpha value is -3.27. The summed E-state index contributed by atoms with van der Waals surface area (Å²) in [4.78, 5) is 10.2. The molecule has 1 aromatic heterocycles. The van der Waals surface area contributed by atoms with E-state index in [4.69, 9.17) is 0 Å². The van der Waals surface area contributed by atoms with Crippen LogP contribution in [0.15, 0.2) is 53.4 Å². The number of anilines is 4. The second-order valence-corrected chi connectivity index (χ2v) is 8.86. The number of hydrogen-bond acceptors (Lipinski definition) is 6. The van der Waals surface area contributed by atoms with Crippen molar-refractivity contribution < 1.29 is 17.2 Å². The molecule has 1 saturated heterocycles. The highest BCUT2D eigenvalue weighted by Gasteiger charge is 2.24. The van der Waals surface area contributed by atoms with Crippen LogP contribution in [0, 0.1) is 18.6 Å². The Balaban J connectivity index is 1.50. The van der Waals surface area contributed by atoms with Crippen LogP contribution >= 0.6 is 0 Å². The minimum absolute atomic E-state index is 0.163. The molecule has 7 nitrogen and oxygen atoms in total. The largest absolute Gasteiger partial charge is 0.356 e. The molecule has 10 heteroatoms. The smallest absolute Gasteiger partial charge is 0.267 e. The third kappa shape index (κ3) is 4.74. The van der Waals surface area contributed by atoms with Gasteiger partial charge in [-0.1, -0.05) is 6.07 Å². The van der Waals surface area contributed by atoms with Gasteiger partial charge in [-0.15, -0.1) is 0 Å². The highest BCUT2D eigenvalue weighted by atomic mass is 32.2. The molecule has 1 aliphatic rings. The van der Waals surface area contributed by atoms with E-state index in [1.165, 1.54) is 12.1 Å². The maximum Gasteiger partial charge on any atom is 0.267 e. The van der Waals surface area contributed by atoms with E-state index in [1.54, 1.807) is 12.1 Å². The van der Waals surface area contributed by atoms with Gasteiger partial charge in [-0.25, -0.2) is 22.2 Å². The van der Waals surface area contributed by atoms with Crippen LogP contribution in [0.4, 0.5) is 31.9 Å². The third-order valence-electron chi connectivity index (χ3n) is 4.85. The first-order valence-corrected chi connectivity index (χ1v) is 11.2. The summed E-state index contributed by atoms with van der Waals surface area (Å²) in [7, 11) is -4.42. The van der Waals surface area contributed by atoms with Gasteiger partial charge in [0, 0.05) is 36.2 Å². The lowest BCUT2D eigenvalue weighted by Gasteiger charge is -2.17. The van der Waals surface area contributed by atoms with Crippen LogP contribution in [0.25, 0.3) is 0 Å². The van der Waals surface area contributed by atoms with Gasteiger partial charge in [-0.2, -0.15) is 4.98 Å². The highest BCUT2D eigenvalue weighted by Crippen LogP contribution is 2.25. The van der Waals surface area contributed by atoms with Crippen LogP contribution in [-0.4, -0.2) is 31.5 Å². The molecule has 162 valence electrons. The quantitative estimate of drug-likeness (QED) is 0.591. The molecule has 2 aromatic carbocycles. The topological polar surface area (TPSA) is 87.2 Å². The Morgan fingerprint density at radius 3 is 2.19 bits per heavy atom. The van der Waals surface area contributed by atoms with Gasteiger partial charge >= 0.3 is 0 Å². The lowest BCUT2D eigenvalue weighted by molar-refractivity contribution is 0.521. The number of aryl methyl sites for hydroxylation is 1. The molecule has 0 atom stereocenters. The van der Waals surface area contributed by atoms with Crippen molar-refractivity contribution in [1.82, 2.24) is 9.97 Å². The van der Waals surface area contributed by atoms with Crippen molar-refractivity contribution in [3.05, 3.63) is 65.9 Å². The molecule has 31 heavy (non-hydrogen) atoms. The molecule has 0 aliphatic carbocycles. The van der Waals surface area contributed by atoms with E-state index in [2.05, 4.69) is 24.9 Å². The molecule has 0 unspecified atom stereocenters. The van der Waals surface area contributed by atoms with Gasteiger partial charge in [-0.3, -0.25) is 4.72 Å². The van der Waals surface area contributed by atoms with Crippen molar-refractivity contribution >= 4 is 33.2 Å². The van der Waals surface area contributed by atoms with E-state index in [9.17, 15) is 17.2 Å². The number of aromatic nitrogens is 2. The molecular formula is C21H21F2N5O2S. The molecule has 0 radical (unpaired) electrons. The van der Waals surface area contributed by atoms with Crippen LogP contribution in [0.5, 0.6) is 0 Å². The Bertz CT molecular complexity index is 1180. The number of hydrogen-bond donors (Lipinski definition) is 2. The van der Waals surface area contributed by atoms with Gasteiger partial charge in [0.25, 0.3) is 10.0 Å². The molecule has 2 heterocycles. The number of sulfonamides is 1. The highest BCUT2D eigenvalue weighted by molar-refractivity contribution is 7.92. The first-order valence-electron chi connectivity index (χ1n) is 9.76. The Kier molecular flexibility index (Phi) is 5.73. The summed E-state index contributed by atoms with van der Waals surface area (Å²) in [6, 6.07) is 11.0. The molecule has 3 aromatic rings. The minimum Gasteiger partial charge on any atom is -0.356 e. The van der Waals surface area contributed by atoms with Gasteiger partial charge in [0.2, 0.25) is 5.95 Å². The lowest BCUT2D eigenvalue weighted by Crippen LogP contribution is -2.19. The van der Waals surface area contributed by atoms with E-state index in [-0.39, 0.29) is 5.69 Å². The molecule has 0 bridgehead atoms. The molecule has 1 aliphatic heterocycles. The summed E-state index contributed by atoms with van der Waals surface area (Å²) in [5, 5.41) is 3.10. The summed E-state index contributed by atoms with van der Waals surface area (Å²) in [5.41, 5.74) is 1.63. The number of rotatable bonds is 6. The first kappa shape index (κ1) is 21.0. The Labute approximate surface area is 179 Å². The van der Waals surface area contributed by atoms with Crippen molar-refractivity contribution in [2.24, 2.45) is 0 Å². The van der Waals surface area contributed by atoms with E-state index in [0.29, 0.717) is 11.6 Å². The van der Waals surface area contributed by atoms with E-state index in [0.717, 1.165) is 55.6 Å². The zero-order valence-corrected chi connectivity index (χ0v) is 17.6. The average Bonchev–Trinajstić information content (AvgIpc) is 3.23. The summed E-state index contributed by atoms with van der Waals surface area (Å²) in [6.45, 7) is 3.83. The fraction of sp³-hybridized carbons (Fsp3) is 0.238. The van der Waals surface area contributed by atoms with E-state index < -0.39 is 26.6 Å². The molecule has 1 fully saturated rings. The Morgan fingerprint density at radius 1 is 0.935 bits per heavy atom. The van der Waals surface area contributed by atoms with Crippen molar-refractivity contribution in [1.29, 1.82) is 0 Å². The summed E-state index contributed by atoms with van der Waals surface area (Å²) >= 11 is 0. The maximum absolute atomic E-state index is 13.8. The second kappa shape index (κ2) is 8.46. The van der Waals surface area contributed by atoms with Crippen molar-refractivity contribution in [2.45, 2.75) is 24.7 Å². The fourth-order valence-electron chi connectivity index (χ4n) is 3.41. The SMILES string of the molecule is Cc1cc(N2CCCC2)nc(Nc2ccc(NS(=O)(=O)c3c(F)cccc3F)cc2)n1. The standard InChI is InChI=1S/C21H21F2N5O2S/c1-14-13-19(28-11-2-3-12-28)26-21(24-14)25-15-7-9-16(10-8-15)27-31(29,30)20-17(22)5-4-6-18(20)23/h4-10,13,27H,2-3,11-12H2,1H3,(H,24,25,26). The summed E-state index contributed by atoms with van der Waals surface area (Å²) < 4.78 is 54.7. The van der Waals surface area contributed by atoms with Crippen LogP contribution in [-0.2, 0) is 10.0 Å². The summed E-state index contributed by atoms with van der Waals surface area (Å²) in [5.74, 6) is -1.01. The zero-order chi connectivity index (χ0) is 22.0. The van der Waals surface area contributed by atoms with E-state index >= 15 is 0 Å². The van der Waals surface area contributed by atoms with Crippen molar-refractivity contribution in [3.8, 4) is 0 Å². The first-order chi connectivity index (χ1) is 14.8. The lowest BCUT2D eigenvalue weighted by atomic mass is 10.3. The van der Waals surface area contributed by atoms with Crippen molar-refractivity contribution in [2.75, 3.05) is 28.0 Å². The minimum atomic E-state index is -4.42. The monoisotopic (exact) mass is 445 g/mol. The van der Waals surface area contributed by atoms with Crippen LogP contribution in [0.1, 0.15) is 18.5 Å². The number of benzene rings is 2. The third-order valence-corrected chi connectivity index (χ3v) is 6.28. The molecule has 0 spiro atoms. The molecular weight excluding hydrogens is 424 g/mol. The van der Waals surface area contributed by atoms with Crippen LogP contribution in [0.3, 0.4) is 0 Å².